The maximum atomic E-state index is 13.3. The molecule has 3 heterocycles. The van der Waals surface area contributed by atoms with Gasteiger partial charge in [0.05, 0.1) is 35.9 Å². The van der Waals surface area contributed by atoms with E-state index in [4.69, 9.17) is 9.72 Å². The fraction of sp³-hybridized carbons (Fsp3) is 0.458. The number of amides is 1. The average molecular weight is 469 g/mol. The molecule has 1 aromatic carbocycles. The molecule has 1 unspecified atom stereocenters. The van der Waals surface area contributed by atoms with Crippen LogP contribution in [-0.2, 0) is 9.84 Å². The first-order valence-corrected chi connectivity index (χ1v) is 13.2. The molecule has 2 fully saturated rings. The topological polar surface area (TPSA) is 103 Å². The van der Waals surface area contributed by atoms with Crippen molar-refractivity contribution in [2.75, 3.05) is 18.6 Å². The van der Waals surface area contributed by atoms with Crippen molar-refractivity contribution in [3.63, 3.8) is 0 Å². The lowest BCUT2D eigenvalue weighted by atomic mass is 10.1. The number of methoxy groups -OCH3 is 1. The molecule has 0 radical (unpaired) electrons. The largest absolute Gasteiger partial charge is 0.497 e. The van der Waals surface area contributed by atoms with Gasteiger partial charge in [-0.3, -0.25) is 4.79 Å². The van der Waals surface area contributed by atoms with Crippen molar-refractivity contribution in [1.82, 2.24) is 19.9 Å². The van der Waals surface area contributed by atoms with Gasteiger partial charge >= 0.3 is 0 Å². The summed E-state index contributed by atoms with van der Waals surface area (Å²) in [6.45, 7) is 1.86. The van der Waals surface area contributed by atoms with Gasteiger partial charge < -0.3 is 14.6 Å². The van der Waals surface area contributed by atoms with Gasteiger partial charge in [0.15, 0.2) is 15.5 Å². The molecule has 9 heteroatoms. The number of carbonyl (C=O) groups excluding carboxylic acids is 1. The quantitative estimate of drug-likeness (QED) is 0.615. The zero-order chi connectivity index (χ0) is 23.2. The van der Waals surface area contributed by atoms with Crippen LogP contribution in [0.3, 0.4) is 0 Å². The van der Waals surface area contributed by atoms with Crippen LogP contribution in [0.1, 0.15) is 54.5 Å². The molecule has 33 heavy (non-hydrogen) atoms. The highest BCUT2D eigenvalue weighted by molar-refractivity contribution is 7.91. The maximum Gasteiger partial charge on any atom is 0.272 e. The Hall–Kier alpha value is -2.94. The molecule has 174 valence electrons. The van der Waals surface area contributed by atoms with Crippen molar-refractivity contribution in [2.24, 2.45) is 0 Å². The van der Waals surface area contributed by atoms with Crippen LogP contribution in [0.5, 0.6) is 5.75 Å². The predicted molar refractivity (Wildman–Crippen MR) is 126 cm³/mol. The van der Waals surface area contributed by atoms with Crippen molar-refractivity contribution in [3.05, 3.63) is 41.9 Å². The van der Waals surface area contributed by atoms with E-state index >= 15 is 0 Å². The third-order valence-corrected chi connectivity index (χ3v) is 8.47. The van der Waals surface area contributed by atoms with Gasteiger partial charge in [-0.25, -0.2) is 18.4 Å². The number of hydrogen-bond donors (Lipinski definition) is 1. The molecule has 1 saturated heterocycles. The summed E-state index contributed by atoms with van der Waals surface area (Å²) in [5.41, 5.74) is 3.03. The summed E-state index contributed by atoms with van der Waals surface area (Å²) < 4.78 is 31.6. The van der Waals surface area contributed by atoms with Crippen molar-refractivity contribution in [1.29, 1.82) is 0 Å². The first-order chi connectivity index (χ1) is 15.8. The second kappa shape index (κ2) is 8.44. The van der Waals surface area contributed by atoms with Crippen molar-refractivity contribution in [2.45, 2.75) is 51.1 Å². The molecular weight excluding hydrogens is 440 g/mol. The Kier molecular flexibility index (Phi) is 5.60. The fourth-order valence-electron chi connectivity index (χ4n) is 5.04. The molecule has 3 aromatic rings. The predicted octanol–water partition coefficient (Wildman–Crippen LogP) is 3.45. The summed E-state index contributed by atoms with van der Waals surface area (Å²) in [7, 11) is -1.46. The second-order valence-electron chi connectivity index (χ2n) is 8.99. The standard InChI is InChI=1S/C24H28N4O4S/c1-15-25-22-21(28(15)18-11-12-33(30,31)14-18)13-20(16-7-9-19(32-2)10-8-16)27-23(22)24(29)26-17-5-3-4-6-17/h7-10,13,17-18H,3-6,11-12,14H2,1-2H3,(H,26,29). The van der Waals surface area contributed by atoms with Crippen LogP contribution in [0.25, 0.3) is 22.3 Å². The summed E-state index contributed by atoms with van der Waals surface area (Å²) in [5, 5.41) is 3.13. The van der Waals surface area contributed by atoms with Crippen LogP contribution < -0.4 is 10.1 Å². The number of rotatable bonds is 5. The number of sulfone groups is 1. The Morgan fingerprint density at radius 2 is 1.85 bits per heavy atom. The lowest BCUT2D eigenvalue weighted by Gasteiger charge is -2.15. The number of nitrogens with one attached hydrogen (secondary N) is 1. The molecule has 2 aromatic heterocycles. The van der Waals surface area contributed by atoms with Crippen molar-refractivity contribution >= 4 is 26.8 Å². The molecular formula is C24H28N4O4S. The third kappa shape index (κ3) is 4.21. The number of aromatic nitrogens is 3. The van der Waals surface area contributed by atoms with E-state index in [0.29, 0.717) is 23.5 Å². The van der Waals surface area contributed by atoms with Gasteiger partial charge in [-0.15, -0.1) is 0 Å². The third-order valence-electron chi connectivity index (χ3n) is 6.72. The van der Waals surface area contributed by atoms with Crippen LogP contribution in [0.2, 0.25) is 0 Å². The number of imidazole rings is 1. The fourth-order valence-corrected chi connectivity index (χ4v) is 6.74. The Morgan fingerprint density at radius 3 is 2.48 bits per heavy atom. The van der Waals surface area contributed by atoms with Crippen LogP contribution in [0.4, 0.5) is 0 Å². The van der Waals surface area contributed by atoms with Gasteiger partial charge in [0.1, 0.15) is 17.1 Å². The Bertz CT molecular complexity index is 1310. The van der Waals surface area contributed by atoms with Crippen LogP contribution in [0, 0.1) is 6.92 Å². The van der Waals surface area contributed by atoms with E-state index in [1.165, 1.54) is 0 Å². The molecule has 2 aliphatic rings. The number of aryl methyl sites for hydroxylation is 1. The minimum absolute atomic E-state index is 0.0864. The molecule has 0 spiro atoms. The van der Waals surface area contributed by atoms with Crippen molar-refractivity contribution in [3.8, 4) is 17.0 Å². The van der Waals surface area contributed by atoms with Crippen LogP contribution in [0.15, 0.2) is 30.3 Å². The number of pyridine rings is 1. The Balaban J connectivity index is 1.65. The smallest absolute Gasteiger partial charge is 0.272 e. The van der Waals surface area contributed by atoms with Crippen molar-refractivity contribution < 1.29 is 17.9 Å². The van der Waals surface area contributed by atoms with E-state index < -0.39 is 9.84 Å². The number of benzene rings is 1. The Morgan fingerprint density at radius 1 is 1.12 bits per heavy atom. The van der Waals surface area contributed by atoms with Crippen LogP contribution >= 0.6 is 0 Å². The molecule has 1 amide bonds. The first-order valence-electron chi connectivity index (χ1n) is 11.4. The minimum Gasteiger partial charge on any atom is -0.497 e. The number of fused-ring (bicyclic) bond motifs is 1. The first kappa shape index (κ1) is 21.9. The van der Waals surface area contributed by atoms with Gasteiger partial charge in [0, 0.05) is 11.6 Å². The number of ether oxygens (including phenoxy) is 1. The lowest BCUT2D eigenvalue weighted by Crippen LogP contribution is -2.33. The number of hydrogen-bond acceptors (Lipinski definition) is 6. The summed E-state index contributed by atoms with van der Waals surface area (Å²) in [4.78, 5) is 22.7. The van der Waals surface area contributed by atoms with E-state index in [0.717, 1.165) is 42.5 Å². The van der Waals surface area contributed by atoms with E-state index in [1.54, 1.807) is 7.11 Å². The van der Waals surface area contributed by atoms with E-state index in [-0.39, 0.29) is 35.2 Å². The molecule has 1 aliphatic heterocycles. The summed E-state index contributed by atoms with van der Waals surface area (Å²) in [6.07, 6.45) is 4.71. The molecule has 1 atom stereocenters. The molecule has 1 saturated carbocycles. The van der Waals surface area contributed by atoms with E-state index in [2.05, 4.69) is 10.3 Å². The maximum absolute atomic E-state index is 13.3. The molecule has 1 aliphatic carbocycles. The molecule has 0 bridgehead atoms. The van der Waals surface area contributed by atoms with Crippen LogP contribution in [-0.4, -0.2) is 53.5 Å². The minimum atomic E-state index is -3.08. The normalized spacial score (nSPS) is 20.4. The summed E-state index contributed by atoms with van der Waals surface area (Å²) >= 11 is 0. The van der Waals surface area contributed by atoms with Gasteiger partial charge in [0.2, 0.25) is 0 Å². The molecule has 8 nitrogen and oxygen atoms in total. The van der Waals surface area contributed by atoms with Gasteiger partial charge in [-0.05, 0) is 56.5 Å². The van der Waals surface area contributed by atoms with Gasteiger partial charge in [0.25, 0.3) is 5.91 Å². The summed E-state index contributed by atoms with van der Waals surface area (Å²) in [6, 6.07) is 9.38. The monoisotopic (exact) mass is 468 g/mol. The van der Waals surface area contributed by atoms with E-state index in [1.807, 2.05) is 41.8 Å². The van der Waals surface area contributed by atoms with Gasteiger partial charge in [-0.2, -0.15) is 0 Å². The Labute approximate surface area is 193 Å². The highest BCUT2D eigenvalue weighted by Crippen LogP contribution is 2.33. The highest BCUT2D eigenvalue weighted by Gasteiger charge is 2.32. The van der Waals surface area contributed by atoms with E-state index in [9.17, 15) is 13.2 Å². The average Bonchev–Trinajstić information content (AvgIpc) is 3.51. The zero-order valence-electron chi connectivity index (χ0n) is 18.9. The zero-order valence-corrected chi connectivity index (χ0v) is 19.7. The molecule has 1 N–H and O–H groups in total. The molecule has 5 rings (SSSR count). The number of nitrogens with zero attached hydrogens (tertiary/aromatic N) is 3. The van der Waals surface area contributed by atoms with Gasteiger partial charge in [-0.1, -0.05) is 12.8 Å². The lowest BCUT2D eigenvalue weighted by molar-refractivity contribution is 0.0934. The summed E-state index contributed by atoms with van der Waals surface area (Å²) in [5.74, 6) is 1.45. The highest BCUT2D eigenvalue weighted by atomic mass is 32.2. The SMILES string of the molecule is COc1ccc(-c2cc3c(nc(C)n3C3CCS(=O)(=O)C3)c(C(=O)NC3CCCC3)n2)cc1. The number of carbonyl (C=O) groups is 1. The second-order valence-corrected chi connectivity index (χ2v) is 11.2.